The summed E-state index contributed by atoms with van der Waals surface area (Å²) in [6.45, 7) is 4.71. The summed E-state index contributed by atoms with van der Waals surface area (Å²) in [5.74, 6) is -1.95. The number of amides is 1. The van der Waals surface area contributed by atoms with Crippen molar-refractivity contribution in [2.75, 3.05) is 11.9 Å². The van der Waals surface area contributed by atoms with Gasteiger partial charge in [0, 0.05) is 11.6 Å². The average molecular weight is 629 g/mol. The number of halogens is 3. The van der Waals surface area contributed by atoms with Crippen molar-refractivity contribution in [1.82, 2.24) is 14.5 Å². The molecule has 1 aliphatic rings. The van der Waals surface area contributed by atoms with E-state index in [1.807, 2.05) is 0 Å². The molecule has 1 N–H and O–H groups in total. The summed E-state index contributed by atoms with van der Waals surface area (Å²) >= 11 is 12.8. The van der Waals surface area contributed by atoms with E-state index in [9.17, 15) is 14.4 Å². The molecule has 1 amide bonds. The molecular formula is C30H27Cl2FN4O6. The van der Waals surface area contributed by atoms with Gasteiger partial charge in [-0.25, -0.2) is 14.0 Å². The Morgan fingerprint density at radius 1 is 0.977 bits per heavy atom. The third-order valence-corrected chi connectivity index (χ3v) is 7.23. The van der Waals surface area contributed by atoms with Crippen molar-refractivity contribution < 1.29 is 33.0 Å². The van der Waals surface area contributed by atoms with Crippen molar-refractivity contribution in [2.24, 2.45) is 5.41 Å². The molecule has 0 aliphatic carbocycles. The Morgan fingerprint density at radius 3 is 2.19 bits per heavy atom. The molecule has 1 fully saturated rings. The molecule has 0 bridgehead atoms. The van der Waals surface area contributed by atoms with Crippen LogP contribution < -0.4 is 5.32 Å². The van der Waals surface area contributed by atoms with Gasteiger partial charge in [0.25, 0.3) is 0 Å². The standard InChI is InChI=1S/C30H27Cl2FN4O6/c1-30(2,3)28(40)36-29-34-23(32)20-18(31)14-37(24(20)35-29)25-21(33)22(43-27(39)17-12-8-5-9-13-17)19(42-25)15-41-26(38)16-10-6-4-7-11-16/h4-14,19,21-22,25H,15H2,1-3H3,(H,34,35,36,40)/t19-,21+,22-,25-/m1/s1. The molecule has 0 radical (unpaired) electrons. The molecule has 0 spiro atoms. The number of hydrogen-bond donors (Lipinski definition) is 1. The van der Waals surface area contributed by atoms with Gasteiger partial charge in [-0.05, 0) is 24.3 Å². The summed E-state index contributed by atoms with van der Waals surface area (Å²) in [4.78, 5) is 46.6. The Balaban J connectivity index is 1.47. The topological polar surface area (TPSA) is 122 Å². The van der Waals surface area contributed by atoms with Crippen molar-refractivity contribution in [3.63, 3.8) is 0 Å². The van der Waals surface area contributed by atoms with Crippen LogP contribution in [-0.2, 0) is 19.0 Å². The summed E-state index contributed by atoms with van der Waals surface area (Å²) in [6, 6.07) is 16.3. The average Bonchev–Trinajstić information content (AvgIpc) is 3.47. The lowest BCUT2D eigenvalue weighted by molar-refractivity contribution is -0.123. The molecule has 1 saturated heterocycles. The molecule has 4 atom stereocenters. The highest BCUT2D eigenvalue weighted by atomic mass is 35.5. The van der Waals surface area contributed by atoms with Crippen LogP contribution in [0.25, 0.3) is 11.0 Å². The molecule has 224 valence electrons. The highest BCUT2D eigenvalue weighted by molar-refractivity contribution is 6.41. The summed E-state index contributed by atoms with van der Waals surface area (Å²) in [5, 5.41) is 2.82. The third kappa shape index (κ3) is 6.48. The van der Waals surface area contributed by atoms with E-state index in [1.165, 1.54) is 22.9 Å². The van der Waals surface area contributed by atoms with Gasteiger partial charge in [0.2, 0.25) is 11.9 Å². The number of alkyl halides is 1. The molecule has 0 unspecified atom stereocenters. The van der Waals surface area contributed by atoms with Gasteiger partial charge in [0.15, 0.2) is 24.2 Å². The molecule has 5 rings (SSSR count). The van der Waals surface area contributed by atoms with Crippen LogP contribution in [0.15, 0.2) is 66.9 Å². The molecule has 4 aromatic rings. The normalized spacial score (nSPS) is 20.1. The second-order valence-electron chi connectivity index (χ2n) is 10.8. The fourth-order valence-electron chi connectivity index (χ4n) is 4.38. The van der Waals surface area contributed by atoms with Crippen LogP contribution in [-0.4, -0.2) is 57.4 Å². The summed E-state index contributed by atoms with van der Waals surface area (Å²) in [6.07, 6.45) is -4.71. The molecule has 0 saturated carbocycles. The number of carbonyl (C=O) groups excluding carboxylic acids is 3. The number of ether oxygens (including phenoxy) is 3. The van der Waals surface area contributed by atoms with Gasteiger partial charge in [-0.15, -0.1) is 0 Å². The predicted octanol–water partition coefficient (Wildman–Crippen LogP) is 6.04. The third-order valence-electron chi connectivity index (χ3n) is 6.67. The van der Waals surface area contributed by atoms with Gasteiger partial charge in [-0.3, -0.25) is 10.1 Å². The number of hydrogen-bond acceptors (Lipinski definition) is 8. The minimum absolute atomic E-state index is 0.0666. The molecule has 2 aromatic carbocycles. The van der Waals surface area contributed by atoms with Gasteiger partial charge < -0.3 is 18.8 Å². The number of anilines is 1. The fourth-order valence-corrected chi connectivity index (χ4v) is 4.97. The SMILES string of the molecule is CC(C)(C)C(=O)Nc1nc(Cl)c2c(Cl)cn([C@@H]3O[C@H](COC(=O)c4ccccc4)[C@@H](OC(=O)c4ccccc4)[C@@H]3F)c2n1. The smallest absolute Gasteiger partial charge is 0.338 e. The van der Waals surface area contributed by atoms with Gasteiger partial charge >= 0.3 is 11.9 Å². The Morgan fingerprint density at radius 2 is 1.58 bits per heavy atom. The Kier molecular flexibility index (Phi) is 8.68. The second-order valence-corrected chi connectivity index (χ2v) is 11.6. The lowest BCUT2D eigenvalue weighted by Crippen LogP contribution is -2.37. The Hall–Kier alpha value is -4.06. The van der Waals surface area contributed by atoms with Crippen molar-refractivity contribution >= 4 is 58.0 Å². The maximum atomic E-state index is 16.3. The van der Waals surface area contributed by atoms with Crippen LogP contribution in [0, 0.1) is 5.41 Å². The zero-order valence-electron chi connectivity index (χ0n) is 23.3. The largest absolute Gasteiger partial charge is 0.459 e. The summed E-state index contributed by atoms with van der Waals surface area (Å²) < 4.78 is 34.6. The van der Waals surface area contributed by atoms with Crippen LogP contribution in [0.3, 0.4) is 0 Å². The number of esters is 2. The second kappa shape index (κ2) is 12.3. The van der Waals surface area contributed by atoms with Crippen molar-refractivity contribution in [3.8, 4) is 0 Å². The van der Waals surface area contributed by atoms with E-state index >= 15 is 4.39 Å². The van der Waals surface area contributed by atoms with Crippen LogP contribution in [0.4, 0.5) is 10.3 Å². The summed E-state index contributed by atoms with van der Waals surface area (Å²) in [5.41, 5.74) is -0.210. The first-order chi connectivity index (χ1) is 20.4. The van der Waals surface area contributed by atoms with Crippen LogP contribution in [0.5, 0.6) is 0 Å². The van der Waals surface area contributed by atoms with Crippen LogP contribution in [0.2, 0.25) is 10.2 Å². The monoisotopic (exact) mass is 628 g/mol. The highest BCUT2D eigenvalue weighted by Gasteiger charge is 2.50. The van der Waals surface area contributed by atoms with E-state index < -0.39 is 48.6 Å². The summed E-state index contributed by atoms with van der Waals surface area (Å²) in [7, 11) is 0. The zero-order valence-corrected chi connectivity index (χ0v) is 24.8. The number of rotatable bonds is 7. The van der Waals surface area contributed by atoms with E-state index in [0.29, 0.717) is 0 Å². The van der Waals surface area contributed by atoms with Gasteiger partial charge in [-0.2, -0.15) is 9.97 Å². The number of nitrogens with zero attached hydrogens (tertiary/aromatic N) is 3. The van der Waals surface area contributed by atoms with Crippen LogP contribution >= 0.6 is 23.2 Å². The van der Waals surface area contributed by atoms with E-state index in [4.69, 9.17) is 37.4 Å². The highest BCUT2D eigenvalue weighted by Crippen LogP contribution is 2.40. The molecule has 3 heterocycles. The predicted molar refractivity (Wildman–Crippen MR) is 157 cm³/mol. The number of carbonyl (C=O) groups is 3. The maximum absolute atomic E-state index is 16.3. The number of fused-ring (bicyclic) bond motifs is 1. The first-order valence-electron chi connectivity index (χ1n) is 13.3. The van der Waals surface area contributed by atoms with E-state index in [-0.39, 0.29) is 44.2 Å². The Bertz CT molecular complexity index is 1660. The molecule has 1 aliphatic heterocycles. The van der Waals surface area contributed by atoms with Crippen molar-refractivity contribution in [3.05, 3.63) is 88.2 Å². The van der Waals surface area contributed by atoms with Crippen molar-refractivity contribution in [1.29, 1.82) is 0 Å². The number of benzene rings is 2. The molecular weight excluding hydrogens is 602 g/mol. The molecule has 2 aromatic heterocycles. The first kappa shape index (κ1) is 30.4. The van der Waals surface area contributed by atoms with Gasteiger partial charge in [-0.1, -0.05) is 80.4 Å². The number of nitrogens with one attached hydrogen (secondary N) is 1. The lowest BCUT2D eigenvalue weighted by atomic mass is 9.96. The fraction of sp³-hybridized carbons (Fsp3) is 0.300. The van der Waals surface area contributed by atoms with Crippen molar-refractivity contribution in [2.45, 2.75) is 45.4 Å². The zero-order chi connectivity index (χ0) is 30.9. The van der Waals surface area contributed by atoms with Gasteiger partial charge in [0.1, 0.15) is 17.9 Å². The number of aromatic nitrogens is 3. The van der Waals surface area contributed by atoms with E-state index in [2.05, 4.69) is 15.3 Å². The van der Waals surface area contributed by atoms with Crippen LogP contribution in [0.1, 0.15) is 47.7 Å². The van der Waals surface area contributed by atoms with E-state index in [1.54, 1.807) is 69.3 Å². The minimum atomic E-state index is -1.96. The quantitative estimate of drug-likeness (QED) is 0.194. The van der Waals surface area contributed by atoms with Gasteiger partial charge in [0.05, 0.1) is 21.5 Å². The molecule has 10 nitrogen and oxygen atoms in total. The lowest BCUT2D eigenvalue weighted by Gasteiger charge is -2.19. The molecule has 43 heavy (non-hydrogen) atoms. The first-order valence-corrected chi connectivity index (χ1v) is 14.0. The Labute approximate surface area is 256 Å². The van der Waals surface area contributed by atoms with E-state index in [0.717, 1.165) is 0 Å². The minimum Gasteiger partial charge on any atom is -0.459 e. The molecule has 13 heteroatoms. The maximum Gasteiger partial charge on any atom is 0.338 e.